The maximum absolute atomic E-state index is 12.4. The van der Waals surface area contributed by atoms with E-state index in [9.17, 15) is 4.79 Å². The maximum Gasteiger partial charge on any atom is 0.255 e. The molecule has 5 heteroatoms. The van der Waals surface area contributed by atoms with Crippen LogP contribution in [0.3, 0.4) is 0 Å². The Balaban J connectivity index is 1.65. The Labute approximate surface area is 125 Å². The molecule has 114 valence electrons. The van der Waals surface area contributed by atoms with Crippen molar-refractivity contribution in [3.63, 3.8) is 0 Å². The van der Waals surface area contributed by atoms with E-state index in [2.05, 4.69) is 10.2 Å². The molecule has 1 heterocycles. The highest BCUT2D eigenvalue weighted by Crippen LogP contribution is 2.30. The Morgan fingerprint density at radius 1 is 1.24 bits per heavy atom. The molecule has 2 fully saturated rings. The fourth-order valence-corrected chi connectivity index (χ4v) is 2.93. The van der Waals surface area contributed by atoms with Gasteiger partial charge in [-0.2, -0.15) is 0 Å². The van der Waals surface area contributed by atoms with Gasteiger partial charge >= 0.3 is 0 Å². The lowest BCUT2D eigenvalue weighted by Crippen LogP contribution is -2.37. The number of hydrogen-bond donors (Lipinski definition) is 1. The molecule has 3 rings (SSSR count). The van der Waals surface area contributed by atoms with Gasteiger partial charge in [0.15, 0.2) is 0 Å². The molecule has 0 aromatic heterocycles. The molecule has 0 spiro atoms. The summed E-state index contributed by atoms with van der Waals surface area (Å²) in [5.74, 6) is 1.16. The summed E-state index contributed by atoms with van der Waals surface area (Å²) in [4.78, 5) is 14.9. The minimum absolute atomic E-state index is 0.0721. The first-order valence-electron chi connectivity index (χ1n) is 7.48. The highest BCUT2D eigenvalue weighted by atomic mass is 16.5. The molecule has 21 heavy (non-hydrogen) atoms. The smallest absolute Gasteiger partial charge is 0.255 e. The molecule has 1 atom stereocenters. The van der Waals surface area contributed by atoms with Crippen molar-refractivity contribution in [3.8, 4) is 11.5 Å². The minimum atomic E-state index is -0.0721. The predicted octanol–water partition coefficient (Wildman–Crippen LogP) is 1.67. The SMILES string of the molecule is COc1ccc(C(=O)NC2CCN(C3CC3)C2)c(OC)c1. The van der Waals surface area contributed by atoms with Crippen LogP contribution in [-0.4, -0.2) is 50.2 Å². The summed E-state index contributed by atoms with van der Waals surface area (Å²) in [7, 11) is 3.16. The number of carbonyl (C=O) groups excluding carboxylic acids is 1. The normalized spacial score (nSPS) is 22.1. The van der Waals surface area contributed by atoms with E-state index in [4.69, 9.17) is 9.47 Å². The van der Waals surface area contributed by atoms with Gasteiger partial charge in [0.1, 0.15) is 11.5 Å². The van der Waals surface area contributed by atoms with Crippen molar-refractivity contribution in [1.29, 1.82) is 0 Å². The topological polar surface area (TPSA) is 50.8 Å². The van der Waals surface area contributed by atoms with Crippen molar-refractivity contribution < 1.29 is 14.3 Å². The number of rotatable bonds is 5. The van der Waals surface area contributed by atoms with Gasteiger partial charge in [0.05, 0.1) is 19.8 Å². The molecule has 5 nitrogen and oxygen atoms in total. The van der Waals surface area contributed by atoms with Crippen molar-refractivity contribution in [2.24, 2.45) is 0 Å². The van der Waals surface area contributed by atoms with Crippen LogP contribution in [0.4, 0.5) is 0 Å². The summed E-state index contributed by atoms with van der Waals surface area (Å²) in [6, 6.07) is 6.27. The second-order valence-corrected chi connectivity index (χ2v) is 5.75. The van der Waals surface area contributed by atoms with Gasteiger partial charge in [0.25, 0.3) is 5.91 Å². The zero-order chi connectivity index (χ0) is 14.8. The Bertz CT molecular complexity index is 528. The third kappa shape index (κ3) is 3.13. The van der Waals surface area contributed by atoms with E-state index >= 15 is 0 Å². The third-order valence-corrected chi connectivity index (χ3v) is 4.27. The second kappa shape index (κ2) is 5.93. The molecule has 1 aromatic rings. The molecule has 1 unspecified atom stereocenters. The van der Waals surface area contributed by atoms with Crippen LogP contribution in [-0.2, 0) is 0 Å². The van der Waals surface area contributed by atoms with E-state index in [-0.39, 0.29) is 11.9 Å². The lowest BCUT2D eigenvalue weighted by Gasteiger charge is -2.16. The summed E-state index contributed by atoms with van der Waals surface area (Å²) in [5.41, 5.74) is 0.558. The van der Waals surface area contributed by atoms with Gasteiger partial charge in [-0.15, -0.1) is 0 Å². The molecule has 0 radical (unpaired) electrons. The number of nitrogens with one attached hydrogen (secondary N) is 1. The van der Waals surface area contributed by atoms with Gasteiger partial charge in [0, 0.05) is 31.2 Å². The number of likely N-dealkylation sites (tertiary alicyclic amines) is 1. The lowest BCUT2D eigenvalue weighted by molar-refractivity contribution is 0.0934. The average molecular weight is 290 g/mol. The van der Waals surface area contributed by atoms with E-state index in [1.54, 1.807) is 32.4 Å². The summed E-state index contributed by atoms with van der Waals surface area (Å²) in [6.07, 6.45) is 3.65. The van der Waals surface area contributed by atoms with Crippen LogP contribution in [0.25, 0.3) is 0 Å². The first-order valence-corrected chi connectivity index (χ1v) is 7.48. The lowest BCUT2D eigenvalue weighted by atomic mass is 10.1. The van der Waals surface area contributed by atoms with Crippen molar-refractivity contribution >= 4 is 5.91 Å². The number of hydrogen-bond acceptors (Lipinski definition) is 4. The van der Waals surface area contributed by atoms with Crippen molar-refractivity contribution in [3.05, 3.63) is 23.8 Å². The standard InChI is InChI=1S/C16H22N2O3/c1-20-13-5-6-14(15(9-13)21-2)16(19)17-11-7-8-18(10-11)12-3-4-12/h5-6,9,11-12H,3-4,7-8,10H2,1-2H3,(H,17,19). The molecular formula is C16H22N2O3. The molecule has 1 amide bonds. The van der Waals surface area contributed by atoms with Crippen LogP contribution in [0.2, 0.25) is 0 Å². The van der Waals surface area contributed by atoms with Crippen LogP contribution in [0.5, 0.6) is 11.5 Å². The number of amides is 1. The van der Waals surface area contributed by atoms with Crippen molar-refractivity contribution in [2.45, 2.75) is 31.3 Å². The van der Waals surface area contributed by atoms with E-state index in [0.29, 0.717) is 17.1 Å². The first-order chi connectivity index (χ1) is 10.2. The van der Waals surface area contributed by atoms with E-state index < -0.39 is 0 Å². The Morgan fingerprint density at radius 3 is 2.71 bits per heavy atom. The third-order valence-electron chi connectivity index (χ3n) is 4.27. The molecule has 1 aliphatic heterocycles. The molecule has 1 saturated carbocycles. The van der Waals surface area contributed by atoms with Gasteiger partial charge in [-0.1, -0.05) is 0 Å². The second-order valence-electron chi connectivity index (χ2n) is 5.75. The molecule has 0 bridgehead atoms. The number of nitrogens with zero attached hydrogens (tertiary/aromatic N) is 1. The zero-order valence-corrected chi connectivity index (χ0v) is 12.6. The quantitative estimate of drug-likeness (QED) is 0.896. The molecule has 2 aliphatic rings. The summed E-state index contributed by atoms with van der Waals surface area (Å²) >= 11 is 0. The van der Waals surface area contributed by atoms with Crippen LogP contribution in [0.15, 0.2) is 18.2 Å². The fourth-order valence-electron chi connectivity index (χ4n) is 2.93. The van der Waals surface area contributed by atoms with E-state index in [0.717, 1.165) is 25.6 Å². The largest absolute Gasteiger partial charge is 0.497 e. The highest BCUT2D eigenvalue weighted by molar-refractivity contribution is 5.97. The predicted molar refractivity (Wildman–Crippen MR) is 80.0 cm³/mol. The fraction of sp³-hybridized carbons (Fsp3) is 0.562. The Morgan fingerprint density at radius 2 is 2.05 bits per heavy atom. The van der Waals surface area contributed by atoms with Gasteiger partial charge in [-0.05, 0) is 31.4 Å². The first kappa shape index (κ1) is 14.2. The number of carbonyl (C=O) groups is 1. The number of benzene rings is 1. The minimum Gasteiger partial charge on any atom is -0.497 e. The molecule has 1 saturated heterocycles. The molecule has 1 N–H and O–H groups in total. The van der Waals surface area contributed by atoms with Crippen molar-refractivity contribution in [1.82, 2.24) is 10.2 Å². The average Bonchev–Trinajstić information content (AvgIpc) is 3.26. The Hall–Kier alpha value is -1.75. The van der Waals surface area contributed by atoms with Crippen LogP contribution in [0.1, 0.15) is 29.6 Å². The molecular weight excluding hydrogens is 268 g/mol. The summed E-state index contributed by atoms with van der Waals surface area (Å²) in [6.45, 7) is 2.06. The summed E-state index contributed by atoms with van der Waals surface area (Å²) in [5, 5.41) is 3.12. The van der Waals surface area contributed by atoms with E-state index in [1.165, 1.54) is 12.8 Å². The van der Waals surface area contributed by atoms with Crippen molar-refractivity contribution in [2.75, 3.05) is 27.3 Å². The van der Waals surface area contributed by atoms with Gasteiger partial charge in [0.2, 0.25) is 0 Å². The maximum atomic E-state index is 12.4. The number of ether oxygens (including phenoxy) is 2. The van der Waals surface area contributed by atoms with Crippen LogP contribution in [0, 0.1) is 0 Å². The highest BCUT2D eigenvalue weighted by Gasteiger charge is 2.35. The van der Waals surface area contributed by atoms with Gasteiger partial charge < -0.3 is 14.8 Å². The van der Waals surface area contributed by atoms with Crippen LogP contribution >= 0.6 is 0 Å². The molecule has 1 aliphatic carbocycles. The van der Waals surface area contributed by atoms with Crippen LogP contribution < -0.4 is 14.8 Å². The Kier molecular flexibility index (Phi) is 4.01. The monoisotopic (exact) mass is 290 g/mol. The van der Waals surface area contributed by atoms with E-state index in [1.807, 2.05) is 0 Å². The number of methoxy groups -OCH3 is 2. The zero-order valence-electron chi connectivity index (χ0n) is 12.6. The van der Waals surface area contributed by atoms with Gasteiger partial charge in [-0.25, -0.2) is 0 Å². The summed E-state index contributed by atoms with van der Waals surface area (Å²) < 4.78 is 10.4. The molecule has 1 aromatic carbocycles. The van der Waals surface area contributed by atoms with Gasteiger partial charge in [-0.3, -0.25) is 9.69 Å².